The second-order valence-electron chi connectivity index (χ2n) is 7.59. The van der Waals surface area contributed by atoms with E-state index in [-0.39, 0.29) is 5.54 Å². The normalized spacial score (nSPS) is 34.4. The molecule has 1 saturated carbocycles. The molecule has 20 heavy (non-hydrogen) atoms. The minimum atomic E-state index is 0.286. The highest BCUT2D eigenvalue weighted by Crippen LogP contribution is 2.34. The fraction of sp³-hybridized carbons (Fsp3) is 1.00. The summed E-state index contributed by atoms with van der Waals surface area (Å²) >= 11 is 0. The second-order valence-corrected chi connectivity index (χ2v) is 7.59. The van der Waals surface area contributed by atoms with Crippen LogP contribution in [-0.4, -0.2) is 55.6 Å². The molecule has 2 N–H and O–H groups in total. The summed E-state index contributed by atoms with van der Waals surface area (Å²) in [6, 6.07) is 0. The van der Waals surface area contributed by atoms with Crippen LogP contribution in [0.2, 0.25) is 0 Å². The van der Waals surface area contributed by atoms with Crippen molar-refractivity contribution >= 4 is 0 Å². The molecule has 1 aliphatic heterocycles. The van der Waals surface area contributed by atoms with Crippen molar-refractivity contribution in [2.24, 2.45) is 17.6 Å². The first-order valence-electron chi connectivity index (χ1n) is 8.65. The van der Waals surface area contributed by atoms with E-state index in [1.54, 1.807) is 0 Å². The van der Waals surface area contributed by atoms with Gasteiger partial charge in [0.2, 0.25) is 0 Å². The van der Waals surface area contributed by atoms with Crippen LogP contribution in [0.1, 0.15) is 51.9 Å². The minimum Gasteiger partial charge on any atom is -0.329 e. The number of likely N-dealkylation sites (tertiary alicyclic amines) is 1. The van der Waals surface area contributed by atoms with Gasteiger partial charge in [-0.2, -0.15) is 0 Å². The van der Waals surface area contributed by atoms with Crippen molar-refractivity contribution in [2.45, 2.75) is 57.4 Å². The first-order valence-corrected chi connectivity index (χ1v) is 8.65. The number of piperidine rings is 1. The Morgan fingerprint density at radius 1 is 1.15 bits per heavy atom. The predicted molar refractivity (Wildman–Crippen MR) is 86.9 cm³/mol. The van der Waals surface area contributed by atoms with Gasteiger partial charge in [-0.15, -0.1) is 0 Å². The van der Waals surface area contributed by atoms with Crippen molar-refractivity contribution in [3.05, 3.63) is 0 Å². The van der Waals surface area contributed by atoms with Crippen LogP contribution in [0.25, 0.3) is 0 Å². The van der Waals surface area contributed by atoms with E-state index in [1.165, 1.54) is 64.6 Å². The molecular weight excluding hydrogens is 246 g/mol. The molecule has 3 heteroatoms. The summed E-state index contributed by atoms with van der Waals surface area (Å²) < 4.78 is 0. The van der Waals surface area contributed by atoms with E-state index in [0.717, 1.165) is 18.4 Å². The van der Waals surface area contributed by atoms with Gasteiger partial charge < -0.3 is 10.6 Å². The van der Waals surface area contributed by atoms with Crippen LogP contribution in [0.3, 0.4) is 0 Å². The lowest BCUT2D eigenvalue weighted by Gasteiger charge is -2.43. The van der Waals surface area contributed by atoms with Crippen molar-refractivity contribution < 1.29 is 0 Å². The van der Waals surface area contributed by atoms with Crippen molar-refractivity contribution in [1.29, 1.82) is 0 Å². The molecule has 2 fully saturated rings. The van der Waals surface area contributed by atoms with Crippen LogP contribution in [0.4, 0.5) is 0 Å². The second kappa shape index (κ2) is 7.24. The summed E-state index contributed by atoms with van der Waals surface area (Å²) in [7, 11) is 4.58. The molecule has 2 unspecified atom stereocenters. The van der Waals surface area contributed by atoms with Gasteiger partial charge in [-0.25, -0.2) is 0 Å². The topological polar surface area (TPSA) is 32.5 Å². The highest BCUT2D eigenvalue weighted by atomic mass is 15.2. The van der Waals surface area contributed by atoms with E-state index in [4.69, 9.17) is 5.73 Å². The highest BCUT2D eigenvalue weighted by Gasteiger charge is 2.36. The average Bonchev–Trinajstić information content (AvgIpc) is 2.64. The van der Waals surface area contributed by atoms with Crippen molar-refractivity contribution in [3.8, 4) is 0 Å². The molecule has 2 rings (SSSR count). The highest BCUT2D eigenvalue weighted by molar-refractivity contribution is 4.93. The minimum absolute atomic E-state index is 0.286. The molecule has 0 radical (unpaired) electrons. The third-order valence-electron chi connectivity index (χ3n) is 6.00. The summed E-state index contributed by atoms with van der Waals surface area (Å²) in [5.41, 5.74) is 6.52. The van der Waals surface area contributed by atoms with Gasteiger partial charge >= 0.3 is 0 Å². The predicted octanol–water partition coefficient (Wildman–Crippen LogP) is 2.56. The van der Waals surface area contributed by atoms with E-state index >= 15 is 0 Å². The number of nitrogens with two attached hydrogens (primary N) is 1. The van der Waals surface area contributed by atoms with E-state index in [1.807, 2.05) is 0 Å². The summed E-state index contributed by atoms with van der Waals surface area (Å²) in [5, 5.41) is 0. The summed E-state index contributed by atoms with van der Waals surface area (Å²) in [6.07, 6.45) is 9.43. The monoisotopic (exact) mass is 281 g/mol. The van der Waals surface area contributed by atoms with E-state index < -0.39 is 0 Å². The molecule has 0 spiro atoms. The van der Waals surface area contributed by atoms with Crippen LogP contribution >= 0.6 is 0 Å². The van der Waals surface area contributed by atoms with Crippen molar-refractivity contribution in [1.82, 2.24) is 9.80 Å². The molecule has 1 saturated heterocycles. The standard InChI is InChI=1S/C17H35N3/c1-15-5-4-9-17(14-18,10-6-15)20(3)13-16-7-11-19(2)12-8-16/h15-16H,4-14,18H2,1-3H3. The van der Waals surface area contributed by atoms with E-state index in [9.17, 15) is 0 Å². The van der Waals surface area contributed by atoms with Crippen LogP contribution in [-0.2, 0) is 0 Å². The van der Waals surface area contributed by atoms with Crippen LogP contribution in [0.15, 0.2) is 0 Å². The lowest BCUT2D eigenvalue weighted by atomic mass is 9.86. The Morgan fingerprint density at radius 2 is 1.85 bits per heavy atom. The molecule has 0 bridgehead atoms. The fourth-order valence-corrected chi connectivity index (χ4v) is 4.13. The molecule has 3 nitrogen and oxygen atoms in total. The molecule has 0 amide bonds. The lowest BCUT2D eigenvalue weighted by Crippen LogP contribution is -2.53. The van der Waals surface area contributed by atoms with Gasteiger partial charge in [-0.05, 0) is 71.1 Å². The Bertz CT molecular complexity index is 286. The smallest absolute Gasteiger partial charge is 0.0328 e. The lowest BCUT2D eigenvalue weighted by molar-refractivity contribution is 0.0721. The first-order chi connectivity index (χ1) is 9.55. The SMILES string of the molecule is CC1CCCC(CN)(N(C)CC2CCN(C)CC2)CC1. The van der Waals surface area contributed by atoms with Gasteiger partial charge in [0.05, 0.1) is 0 Å². The van der Waals surface area contributed by atoms with Gasteiger partial charge in [0.15, 0.2) is 0 Å². The summed E-state index contributed by atoms with van der Waals surface area (Å²) in [6.45, 7) is 7.03. The maximum atomic E-state index is 6.23. The molecule has 0 aromatic heterocycles. The number of rotatable bonds is 4. The zero-order valence-electron chi connectivity index (χ0n) is 13.9. The van der Waals surface area contributed by atoms with Crippen LogP contribution < -0.4 is 5.73 Å². The van der Waals surface area contributed by atoms with Crippen molar-refractivity contribution in [3.63, 3.8) is 0 Å². The van der Waals surface area contributed by atoms with Gasteiger partial charge in [-0.3, -0.25) is 4.90 Å². The maximum absolute atomic E-state index is 6.23. The largest absolute Gasteiger partial charge is 0.329 e. The first kappa shape index (κ1) is 16.3. The van der Waals surface area contributed by atoms with Gasteiger partial charge in [0, 0.05) is 18.6 Å². The number of likely N-dealkylation sites (N-methyl/N-ethyl adjacent to an activating group) is 1. The Kier molecular flexibility index (Phi) is 5.88. The molecule has 0 aromatic carbocycles. The van der Waals surface area contributed by atoms with Crippen molar-refractivity contribution in [2.75, 3.05) is 40.3 Å². The molecule has 1 aliphatic carbocycles. The van der Waals surface area contributed by atoms with Gasteiger partial charge in [0.25, 0.3) is 0 Å². The number of hydrogen-bond acceptors (Lipinski definition) is 3. The Balaban J connectivity index is 1.92. The van der Waals surface area contributed by atoms with E-state index in [0.29, 0.717) is 0 Å². The molecule has 118 valence electrons. The maximum Gasteiger partial charge on any atom is 0.0328 e. The van der Waals surface area contributed by atoms with Gasteiger partial charge in [0.1, 0.15) is 0 Å². The van der Waals surface area contributed by atoms with E-state index in [2.05, 4.69) is 30.8 Å². The quantitative estimate of drug-likeness (QED) is 0.804. The zero-order chi connectivity index (χ0) is 14.6. The summed E-state index contributed by atoms with van der Waals surface area (Å²) in [5.74, 6) is 1.76. The number of hydrogen-bond donors (Lipinski definition) is 1. The number of nitrogens with zero attached hydrogens (tertiary/aromatic N) is 2. The average molecular weight is 281 g/mol. The Morgan fingerprint density at radius 3 is 2.50 bits per heavy atom. The molecule has 2 aliphatic rings. The molecular formula is C17H35N3. The van der Waals surface area contributed by atoms with Gasteiger partial charge in [-0.1, -0.05) is 19.8 Å². The zero-order valence-corrected chi connectivity index (χ0v) is 13.9. The molecule has 2 atom stereocenters. The third-order valence-corrected chi connectivity index (χ3v) is 6.00. The molecule has 0 aromatic rings. The fourth-order valence-electron chi connectivity index (χ4n) is 4.13. The third kappa shape index (κ3) is 3.96. The van der Waals surface area contributed by atoms with Crippen LogP contribution in [0, 0.1) is 11.8 Å². The Hall–Kier alpha value is -0.120. The van der Waals surface area contributed by atoms with Crippen LogP contribution in [0.5, 0.6) is 0 Å². The molecule has 1 heterocycles. The Labute approximate surface area is 125 Å². The summed E-state index contributed by atoms with van der Waals surface area (Å²) in [4.78, 5) is 5.10.